The fourth-order valence-electron chi connectivity index (χ4n) is 3.39. The lowest BCUT2D eigenvalue weighted by atomic mass is 10.1. The number of esters is 1. The van der Waals surface area contributed by atoms with Gasteiger partial charge in [0, 0.05) is 24.3 Å². The van der Waals surface area contributed by atoms with Gasteiger partial charge in [-0.1, -0.05) is 37.5 Å². The number of amides is 2. The monoisotopic (exact) mass is 408 g/mol. The average Bonchev–Trinajstić information content (AvgIpc) is 3.14. The van der Waals surface area contributed by atoms with Crippen LogP contribution in [0.4, 0.5) is 11.4 Å². The van der Waals surface area contributed by atoms with Gasteiger partial charge in [0.25, 0.3) is 0 Å². The predicted molar refractivity (Wildman–Crippen MR) is 117 cm³/mol. The van der Waals surface area contributed by atoms with E-state index in [0.717, 1.165) is 30.5 Å². The number of rotatable bonds is 8. The quantitative estimate of drug-likeness (QED) is 0.521. The third-order valence-electron chi connectivity index (χ3n) is 5.21. The number of unbranched alkanes of at least 4 members (excludes halogenated alkanes) is 2. The summed E-state index contributed by atoms with van der Waals surface area (Å²) in [5.41, 5.74) is 2.96. The molecule has 3 rings (SSSR count). The van der Waals surface area contributed by atoms with Crippen LogP contribution in [0.15, 0.2) is 48.5 Å². The number of hydrogen-bond donors (Lipinski definition) is 1. The van der Waals surface area contributed by atoms with Crippen LogP contribution < -0.4 is 10.2 Å². The molecule has 0 aromatic heterocycles. The summed E-state index contributed by atoms with van der Waals surface area (Å²) in [4.78, 5) is 38.7. The minimum absolute atomic E-state index is 0.0554. The van der Waals surface area contributed by atoms with Gasteiger partial charge >= 0.3 is 5.97 Å². The number of aryl methyl sites for hydroxylation is 1. The third-order valence-corrected chi connectivity index (χ3v) is 5.21. The Morgan fingerprint density at radius 3 is 2.43 bits per heavy atom. The molecule has 0 saturated carbocycles. The molecule has 1 N–H and O–H groups in total. The lowest BCUT2D eigenvalue weighted by Crippen LogP contribution is -2.28. The summed E-state index contributed by atoms with van der Waals surface area (Å²) < 4.78 is 5.24. The second-order valence-corrected chi connectivity index (χ2v) is 7.65. The van der Waals surface area contributed by atoms with Crippen LogP contribution in [-0.4, -0.2) is 30.9 Å². The van der Waals surface area contributed by atoms with Crippen molar-refractivity contribution in [3.63, 3.8) is 0 Å². The number of anilines is 2. The molecule has 0 bridgehead atoms. The Morgan fingerprint density at radius 2 is 1.77 bits per heavy atom. The van der Waals surface area contributed by atoms with E-state index in [4.69, 9.17) is 4.74 Å². The maximum atomic E-state index is 12.6. The van der Waals surface area contributed by atoms with E-state index in [1.807, 2.05) is 31.2 Å². The molecule has 1 heterocycles. The predicted octanol–water partition coefficient (Wildman–Crippen LogP) is 4.33. The zero-order valence-electron chi connectivity index (χ0n) is 17.5. The van der Waals surface area contributed by atoms with Gasteiger partial charge in [-0.2, -0.15) is 0 Å². The molecule has 30 heavy (non-hydrogen) atoms. The van der Waals surface area contributed by atoms with Crippen LogP contribution in [0.3, 0.4) is 0 Å². The van der Waals surface area contributed by atoms with Crippen LogP contribution in [0.1, 0.15) is 48.5 Å². The Bertz CT molecular complexity index is 890. The van der Waals surface area contributed by atoms with Gasteiger partial charge in [0.1, 0.15) is 0 Å². The van der Waals surface area contributed by atoms with E-state index in [2.05, 4.69) is 12.2 Å². The fraction of sp³-hybridized carbons (Fsp3) is 0.375. The van der Waals surface area contributed by atoms with Crippen molar-refractivity contribution in [3.05, 3.63) is 59.7 Å². The Kier molecular flexibility index (Phi) is 7.22. The maximum absolute atomic E-state index is 12.6. The maximum Gasteiger partial charge on any atom is 0.338 e. The van der Waals surface area contributed by atoms with Crippen LogP contribution >= 0.6 is 0 Å². The molecule has 1 aliphatic rings. The zero-order chi connectivity index (χ0) is 21.5. The molecule has 1 fully saturated rings. The van der Waals surface area contributed by atoms with Crippen molar-refractivity contribution in [3.8, 4) is 0 Å². The van der Waals surface area contributed by atoms with E-state index in [1.165, 1.54) is 0 Å². The highest BCUT2D eigenvalue weighted by Crippen LogP contribution is 2.26. The van der Waals surface area contributed by atoms with E-state index < -0.39 is 5.92 Å². The first kappa shape index (κ1) is 21.6. The van der Waals surface area contributed by atoms with Gasteiger partial charge in [-0.05, 0) is 49.7 Å². The average molecular weight is 408 g/mol. The SMILES string of the molecule is CCCCCOC(=O)c1ccc(NC(=O)[C@H]2CC(=O)N(c3ccc(C)cc3)C2)cc1. The van der Waals surface area contributed by atoms with Crippen molar-refractivity contribution < 1.29 is 19.1 Å². The molecule has 6 heteroatoms. The van der Waals surface area contributed by atoms with E-state index >= 15 is 0 Å². The number of carbonyl (C=O) groups is 3. The van der Waals surface area contributed by atoms with Gasteiger partial charge in [0.05, 0.1) is 18.1 Å². The molecule has 0 spiro atoms. The fourth-order valence-corrected chi connectivity index (χ4v) is 3.39. The van der Waals surface area contributed by atoms with Gasteiger partial charge < -0.3 is 15.0 Å². The van der Waals surface area contributed by atoms with Crippen molar-refractivity contribution in [2.24, 2.45) is 5.92 Å². The van der Waals surface area contributed by atoms with E-state index in [-0.39, 0.29) is 24.2 Å². The summed E-state index contributed by atoms with van der Waals surface area (Å²) >= 11 is 0. The second-order valence-electron chi connectivity index (χ2n) is 7.65. The normalized spacial score (nSPS) is 15.9. The van der Waals surface area contributed by atoms with Crippen LogP contribution in [-0.2, 0) is 14.3 Å². The minimum Gasteiger partial charge on any atom is -0.462 e. The van der Waals surface area contributed by atoms with Crippen LogP contribution in [0.2, 0.25) is 0 Å². The first-order valence-corrected chi connectivity index (χ1v) is 10.4. The van der Waals surface area contributed by atoms with Gasteiger partial charge in [0.15, 0.2) is 0 Å². The number of benzene rings is 2. The molecule has 2 amide bonds. The Morgan fingerprint density at radius 1 is 1.07 bits per heavy atom. The second kappa shape index (κ2) is 10.1. The van der Waals surface area contributed by atoms with E-state index in [9.17, 15) is 14.4 Å². The highest BCUT2D eigenvalue weighted by atomic mass is 16.5. The molecule has 0 radical (unpaired) electrons. The summed E-state index contributed by atoms with van der Waals surface area (Å²) in [5, 5.41) is 2.84. The standard InChI is InChI=1S/C24H28N2O4/c1-3-4-5-14-30-24(29)18-8-10-20(11-9-18)25-23(28)19-15-22(27)26(16-19)21-12-6-17(2)7-13-21/h6-13,19H,3-5,14-16H2,1-2H3,(H,25,28)/t19-/m0/s1. The lowest BCUT2D eigenvalue weighted by Gasteiger charge is -2.17. The number of carbonyl (C=O) groups excluding carboxylic acids is 3. The summed E-state index contributed by atoms with van der Waals surface area (Å²) in [6, 6.07) is 14.3. The van der Waals surface area contributed by atoms with Gasteiger partial charge in [-0.3, -0.25) is 9.59 Å². The van der Waals surface area contributed by atoms with Crippen molar-refractivity contribution in [2.45, 2.75) is 39.5 Å². The largest absolute Gasteiger partial charge is 0.462 e. The molecule has 1 saturated heterocycles. The Balaban J connectivity index is 1.54. The molecule has 6 nitrogen and oxygen atoms in total. The molecule has 1 aliphatic heterocycles. The van der Waals surface area contributed by atoms with Crippen molar-refractivity contribution in [1.82, 2.24) is 0 Å². The van der Waals surface area contributed by atoms with Crippen LogP contribution in [0.5, 0.6) is 0 Å². The highest BCUT2D eigenvalue weighted by molar-refractivity contribution is 6.03. The third kappa shape index (κ3) is 5.47. The molecular formula is C24H28N2O4. The molecule has 0 unspecified atom stereocenters. The van der Waals surface area contributed by atoms with Crippen molar-refractivity contribution >= 4 is 29.2 Å². The van der Waals surface area contributed by atoms with Gasteiger partial charge in [-0.25, -0.2) is 4.79 Å². The van der Waals surface area contributed by atoms with Gasteiger partial charge in [0.2, 0.25) is 11.8 Å². The number of hydrogen-bond acceptors (Lipinski definition) is 4. The first-order chi connectivity index (χ1) is 14.5. The summed E-state index contributed by atoms with van der Waals surface area (Å²) in [5.74, 6) is -1.03. The molecule has 2 aromatic carbocycles. The summed E-state index contributed by atoms with van der Waals surface area (Å²) in [6.07, 6.45) is 3.14. The lowest BCUT2D eigenvalue weighted by molar-refractivity contribution is -0.122. The topological polar surface area (TPSA) is 75.7 Å². The first-order valence-electron chi connectivity index (χ1n) is 10.4. The van der Waals surface area contributed by atoms with Crippen LogP contribution in [0, 0.1) is 12.8 Å². The summed E-state index contributed by atoms with van der Waals surface area (Å²) in [7, 11) is 0. The minimum atomic E-state index is -0.415. The smallest absolute Gasteiger partial charge is 0.338 e. The van der Waals surface area contributed by atoms with Crippen LogP contribution in [0.25, 0.3) is 0 Å². The highest BCUT2D eigenvalue weighted by Gasteiger charge is 2.35. The van der Waals surface area contributed by atoms with Gasteiger partial charge in [-0.15, -0.1) is 0 Å². The molecule has 158 valence electrons. The van der Waals surface area contributed by atoms with Crippen molar-refractivity contribution in [1.29, 1.82) is 0 Å². The number of nitrogens with one attached hydrogen (secondary N) is 1. The molecular weight excluding hydrogens is 380 g/mol. The molecule has 2 aromatic rings. The van der Waals surface area contributed by atoms with E-state index in [0.29, 0.717) is 24.4 Å². The molecule has 1 atom stereocenters. The molecule has 0 aliphatic carbocycles. The number of nitrogens with zero attached hydrogens (tertiary/aromatic N) is 1. The Hall–Kier alpha value is -3.15. The Labute approximate surface area is 177 Å². The zero-order valence-corrected chi connectivity index (χ0v) is 17.5. The number of ether oxygens (including phenoxy) is 1. The van der Waals surface area contributed by atoms with Crippen molar-refractivity contribution in [2.75, 3.05) is 23.4 Å². The van der Waals surface area contributed by atoms with E-state index in [1.54, 1.807) is 29.2 Å². The summed E-state index contributed by atoms with van der Waals surface area (Å²) in [6.45, 7) is 4.86.